The molecule has 0 aliphatic heterocycles. The molecule has 1 N–H and O–H groups in total. The molecule has 0 radical (unpaired) electrons. The molecule has 0 bridgehead atoms. The Balaban J connectivity index is 1.80. The van der Waals surface area contributed by atoms with Crippen LogP contribution in [0.3, 0.4) is 0 Å². The van der Waals surface area contributed by atoms with E-state index in [1.54, 1.807) is 12.3 Å². The highest BCUT2D eigenvalue weighted by Crippen LogP contribution is 2.33. The fraction of sp³-hybridized carbons (Fsp3) is 0.538. The molecule has 4 heteroatoms. The zero-order chi connectivity index (χ0) is 12.1. The summed E-state index contributed by atoms with van der Waals surface area (Å²) in [5, 5.41) is 3.30. The highest BCUT2D eigenvalue weighted by Gasteiger charge is 2.19. The second-order valence-electron chi connectivity index (χ2n) is 4.43. The third kappa shape index (κ3) is 3.73. The van der Waals surface area contributed by atoms with Gasteiger partial charge in [-0.3, -0.25) is 0 Å². The molecule has 17 heavy (non-hydrogen) atoms. The third-order valence-corrected chi connectivity index (χ3v) is 2.97. The van der Waals surface area contributed by atoms with Gasteiger partial charge in [0.2, 0.25) is 0 Å². The van der Waals surface area contributed by atoms with Gasteiger partial charge >= 0.3 is 5.97 Å². The molecule has 1 fully saturated rings. The van der Waals surface area contributed by atoms with Gasteiger partial charge in [0.15, 0.2) is 0 Å². The van der Waals surface area contributed by atoms with E-state index >= 15 is 0 Å². The number of carbonyl (C=O) groups is 1. The zero-order valence-electron chi connectivity index (χ0n) is 10.1. The van der Waals surface area contributed by atoms with Crippen LogP contribution in [0.25, 0.3) is 0 Å². The Morgan fingerprint density at radius 3 is 3.12 bits per heavy atom. The number of hydrogen-bond donors (Lipinski definition) is 1. The number of methoxy groups -OCH3 is 1. The van der Waals surface area contributed by atoms with Gasteiger partial charge in [-0.2, -0.15) is 0 Å². The van der Waals surface area contributed by atoms with Crippen molar-refractivity contribution in [2.24, 2.45) is 5.92 Å². The first-order valence-electron chi connectivity index (χ1n) is 6.08. The highest BCUT2D eigenvalue weighted by atomic mass is 16.5. The van der Waals surface area contributed by atoms with Crippen LogP contribution in [0.5, 0.6) is 0 Å². The number of nitrogens with one attached hydrogen (secondary N) is 1. The van der Waals surface area contributed by atoms with Crippen LogP contribution in [0, 0.1) is 5.92 Å². The highest BCUT2D eigenvalue weighted by molar-refractivity contribution is 5.88. The molecule has 0 spiro atoms. The predicted molar refractivity (Wildman–Crippen MR) is 66.0 cm³/mol. The summed E-state index contributed by atoms with van der Waals surface area (Å²) < 4.78 is 4.63. The number of hydrogen-bond acceptors (Lipinski definition) is 4. The second kappa shape index (κ2) is 5.66. The molecule has 1 aliphatic carbocycles. The minimum atomic E-state index is -0.397. The first kappa shape index (κ1) is 11.9. The zero-order valence-corrected chi connectivity index (χ0v) is 10.1. The average Bonchev–Trinajstić information content (AvgIpc) is 3.18. The van der Waals surface area contributed by atoms with E-state index in [2.05, 4.69) is 15.0 Å². The van der Waals surface area contributed by atoms with Crippen LogP contribution in [0.2, 0.25) is 0 Å². The SMILES string of the molecule is COC(=O)c1cc(NCCCC2CC2)ccn1. The summed E-state index contributed by atoms with van der Waals surface area (Å²) in [4.78, 5) is 15.2. The molecule has 1 aromatic heterocycles. The van der Waals surface area contributed by atoms with Crippen molar-refractivity contribution in [2.75, 3.05) is 19.0 Å². The van der Waals surface area contributed by atoms with E-state index in [9.17, 15) is 4.79 Å². The Bertz CT molecular complexity index is 389. The van der Waals surface area contributed by atoms with E-state index < -0.39 is 5.97 Å². The molecule has 92 valence electrons. The first-order valence-corrected chi connectivity index (χ1v) is 6.08. The van der Waals surface area contributed by atoms with E-state index in [1.165, 1.54) is 32.8 Å². The largest absolute Gasteiger partial charge is 0.464 e. The van der Waals surface area contributed by atoms with Gasteiger partial charge in [0.25, 0.3) is 0 Å². The average molecular weight is 234 g/mol. The quantitative estimate of drug-likeness (QED) is 0.607. The van der Waals surface area contributed by atoms with Crippen molar-refractivity contribution in [3.8, 4) is 0 Å². The molecule has 1 heterocycles. The van der Waals surface area contributed by atoms with Gasteiger partial charge in [0.05, 0.1) is 7.11 Å². The van der Waals surface area contributed by atoms with Crippen LogP contribution in [-0.2, 0) is 4.74 Å². The van der Waals surface area contributed by atoms with Crippen molar-refractivity contribution in [1.29, 1.82) is 0 Å². The number of carbonyl (C=O) groups excluding carboxylic acids is 1. The van der Waals surface area contributed by atoms with Crippen molar-refractivity contribution in [3.63, 3.8) is 0 Å². The van der Waals surface area contributed by atoms with Crippen LogP contribution in [-0.4, -0.2) is 24.6 Å². The van der Waals surface area contributed by atoms with Gasteiger partial charge in [0, 0.05) is 18.4 Å². The lowest BCUT2D eigenvalue weighted by Crippen LogP contribution is -2.07. The summed E-state index contributed by atoms with van der Waals surface area (Å²) in [6.07, 6.45) is 6.92. The molecule has 1 saturated carbocycles. The lowest BCUT2D eigenvalue weighted by Gasteiger charge is -2.06. The summed E-state index contributed by atoms with van der Waals surface area (Å²) in [6.45, 7) is 0.946. The van der Waals surface area contributed by atoms with Gasteiger partial charge in [-0.15, -0.1) is 0 Å². The number of aromatic nitrogens is 1. The standard InChI is InChI=1S/C13H18N2O2/c1-17-13(16)12-9-11(6-8-15-12)14-7-2-3-10-4-5-10/h6,8-10H,2-5,7H2,1H3,(H,14,15). The van der Waals surface area contributed by atoms with Crippen LogP contribution < -0.4 is 5.32 Å². The Hall–Kier alpha value is -1.58. The number of nitrogens with zero attached hydrogens (tertiary/aromatic N) is 1. The summed E-state index contributed by atoms with van der Waals surface area (Å²) in [6, 6.07) is 3.59. The Labute approximate surface area is 101 Å². The van der Waals surface area contributed by atoms with Gasteiger partial charge < -0.3 is 10.1 Å². The van der Waals surface area contributed by atoms with Crippen molar-refractivity contribution in [1.82, 2.24) is 4.98 Å². The maximum Gasteiger partial charge on any atom is 0.356 e. The maximum atomic E-state index is 11.3. The monoisotopic (exact) mass is 234 g/mol. The fourth-order valence-electron chi connectivity index (χ4n) is 1.79. The predicted octanol–water partition coefficient (Wildman–Crippen LogP) is 2.47. The van der Waals surface area contributed by atoms with Gasteiger partial charge in [-0.1, -0.05) is 12.8 Å². The van der Waals surface area contributed by atoms with Crippen molar-refractivity contribution >= 4 is 11.7 Å². The number of rotatable bonds is 6. The second-order valence-corrected chi connectivity index (χ2v) is 4.43. The minimum absolute atomic E-state index is 0.347. The van der Waals surface area contributed by atoms with Crippen molar-refractivity contribution in [2.45, 2.75) is 25.7 Å². The number of pyridine rings is 1. The van der Waals surface area contributed by atoms with E-state index in [-0.39, 0.29) is 0 Å². The molecule has 1 aliphatic rings. The Morgan fingerprint density at radius 2 is 2.41 bits per heavy atom. The molecular formula is C13H18N2O2. The van der Waals surface area contributed by atoms with E-state index in [4.69, 9.17) is 0 Å². The lowest BCUT2D eigenvalue weighted by molar-refractivity contribution is 0.0594. The van der Waals surface area contributed by atoms with Crippen LogP contribution in [0.4, 0.5) is 5.69 Å². The molecule has 1 aromatic rings. The van der Waals surface area contributed by atoms with E-state index in [0.29, 0.717) is 5.69 Å². The van der Waals surface area contributed by atoms with Gasteiger partial charge in [-0.05, 0) is 30.9 Å². The fourth-order valence-corrected chi connectivity index (χ4v) is 1.79. The molecule has 0 saturated heterocycles. The van der Waals surface area contributed by atoms with Crippen molar-refractivity contribution in [3.05, 3.63) is 24.0 Å². The van der Waals surface area contributed by atoms with Crippen LogP contribution >= 0.6 is 0 Å². The first-order chi connectivity index (χ1) is 8.29. The maximum absolute atomic E-state index is 11.3. The van der Waals surface area contributed by atoms with Crippen LogP contribution in [0.15, 0.2) is 18.3 Å². The molecule has 0 atom stereocenters. The minimum Gasteiger partial charge on any atom is -0.464 e. The normalized spacial score (nSPS) is 14.4. The molecule has 0 unspecified atom stereocenters. The molecule has 4 nitrogen and oxygen atoms in total. The van der Waals surface area contributed by atoms with Crippen molar-refractivity contribution < 1.29 is 9.53 Å². The number of ether oxygens (including phenoxy) is 1. The number of esters is 1. The Kier molecular flexibility index (Phi) is 3.96. The van der Waals surface area contributed by atoms with E-state index in [0.717, 1.165) is 18.2 Å². The van der Waals surface area contributed by atoms with Gasteiger partial charge in [0.1, 0.15) is 5.69 Å². The third-order valence-electron chi connectivity index (χ3n) is 2.97. The molecule has 0 aromatic carbocycles. The smallest absolute Gasteiger partial charge is 0.356 e. The lowest BCUT2D eigenvalue weighted by atomic mass is 10.2. The Morgan fingerprint density at radius 1 is 1.59 bits per heavy atom. The van der Waals surface area contributed by atoms with Gasteiger partial charge in [-0.25, -0.2) is 9.78 Å². The summed E-state index contributed by atoms with van der Waals surface area (Å²) in [5.74, 6) is 0.575. The number of anilines is 1. The molecular weight excluding hydrogens is 216 g/mol. The van der Waals surface area contributed by atoms with Crippen LogP contribution in [0.1, 0.15) is 36.2 Å². The van der Waals surface area contributed by atoms with E-state index in [1.807, 2.05) is 6.07 Å². The summed E-state index contributed by atoms with van der Waals surface area (Å²) in [5.41, 5.74) is 1.27. The summed E-state index contributed by atoms with van der Waals surface area (Å²) >= 11 is 0. The topological polar surface area (TPSA) is 51.2 Å². The molecule has 2 rings (SSSR count). The summed E-state index contributed by atoms with van der Waals surface area (Å²) in [7, 11) is 1.36. The molecule has 0 amide bonds.